The van der Waals surface area contributed by atoms with E-state index < -0.39 is 24.1 Å². The summed E-state index contributed by atoms with van der Waals surface area (Å²) < 4.78 is 31.2. The molecule has 19 heteroatoms. The number of allylic oxidation sites excluding steroid dienone is 2. The summed E-state index contributed by atoms with van der Waals surface area (Å²) in [7, 11) is 0. The average Bonchev–Trinajstić information content (AvgIpc) is 3.96. The van der Waals surface area contributed by atoms with E-state index in [2.05, 4.69) is 20.5 Å². The summed E-state index contributed by atoms with van der Waals surface area (Å²) in [6.07, 6.45) is 2.06. The molecule has 1 atom stereocenters. The molecule has 5 aromatic heterocycles. The Kier molecular flexibility index (Phi) is 11.7. The van der Waals surface area contributed by atoms with Crippen LogP contribution in [0.4, 0.5) is 10.3 Å². The quantitative estimate of drug-likeness (QED) is 0.0635. The Morgan fingerprint density at radius 3 is 2.18 bits per heavy atom. The predicted octanol–water partition coefficient (Wildman–Crippen LogP) is 4.34. The normalized spacial score (nSPS) is 12.2. The van der Waals surface area contributed by atoms with Crippen LogP contribution < -0.4 is 21.5 Å². The van der Waals surface area contributed by atoms with E-state index in [4.69, 9.17) is 25.9 Å². The molecule has 0 fully saturated rings. The number of imidazole rings is 2. The first-order valence-corrected chi connectivity index (χ1v) is 18.7. The summed E-state index contributed by atoms with van der Waals surface area (Å²) in [6.45, 7) is 9.89. The fraction of sp³-hybridized carbons (Fsp3) is 0.351. The van der Waals surface area contributed by atoms with Gasteiger partial charge in [-0.2, -0.15) is 10.2 Å². The fourth-order valence-electron chi connectivity index (χ4n) is 6.27. The van der Waals surface area contributed by atoms with E-state index in [9.17, 15) is 23.6 Å². The lowest BCUT2D eigenvalue weighted by Crippen LogP contribution is -2.20. The third-order valence-corrected chi connectivity index (χ3v) is 9.89. The number of nitrogens with two attached hydrogens (primary N) is 2. The molecule has 1 aromatic carbocycles. The van der Waals surface area contributed by atoms with Crippen molar-refractivity contribution < 1.29 is 33.0 Å². The van der Waals surface area contributed by atoms with E-state index in [1.165, 1.54) is 19.1 Å². The van der Waals surface area contributed by atoms with Gasteiger partial charge in [0.2, 0.25) is 11.9 Å². The lowest BCUT2D eigenvalue weighted by atomic mass is 10.1. The number of carbonyl (C=O) groups is 4. The number of aryl methyl sites for hydroxylation is 4. The molecule has 17 nitrogen and oxygen atoms in total. The van der Waals surface area contributed by atoms with Crippen molar-refractivity contribution in [3.63, 3.8) is 0 Å². The lowest BCUT2D eigenvalue weighted by molar-refractivity contribution is -0.0347. The molecule has 0 aliphatic carbocycles. The molecule has 5 heterocycles. The zero-order valence-corrected chi connectivity index (χ0v) is 32.4. The minimum atomic E-state index is -1.50. The molecule has 0 aliphatic rings. The minimum absolute atomic E-state index is 0.0480. The van der Waals surface area contributed by atoms with Crippen LogP contribution in [0.15, 0.2) is 42.5 Å². The van der Waals surface area contributed by atoms with E-state index >= 15 is 0 Å². The number of Topliss-reactive ketones (excluding diaryl/α,β-unsaturated/α-hetero) is 1. The Labute approximate surface area is 324 Å². The van der Waals surface area contributed by atoms with Crippen molar-refractivity contribution in [3.05, 3.63) is 81.5 Å². The van der Waals surface area contributed by atoms with E-state index in [0.717, 1.165) is 11.3 Å². The van der Waals surface area contributed by atoms with Gasteiger partial charge in [0.25, 0.3) is 11.8 Å². The molecule has 56 heavy (non-hydrogen) atoms. The highest BCUT2D eigenvalue weighted by Gasteiger charge is 2.23. The van der Waals surface area contributed by atoms with Crippen LogP contribution in [-0.2, 0) is 37.3 Å². The van der Waals surface area contributed by atoms with Crippen molar-refractivity contribution >= 4 is 62.2 Å². The van der Waals surface area contributed by atoms with Crippen LogP contribution in [0.5, 0.6) is 5.75 Å². The minimum Gasteiger partial charge on any atom is -0.489 e. The second-order valence-corrected chi connectivity index (χ2v) is 13.8. The topological polar surface area (TPSA) is 222 Å². The van der Waals surface area contributed by atoms with Crippen molar-refractivity contribution in [1.29, 1.82) is 0 Å². The number of hydrogen-bond acceptors (Lipinski definition) is 11. The van der Waals surface area contributed by atoms with Crippen LogP contribution >= 0.6 is 11.3 Å². The number of alkyl halides is 1. The number of benzene rings is 1. The number of halogens is 1. The van der Waals surface area contributed by atoms with Gasteiger partial charge in [0.1, 0.15) is 45.4 Å². The Morgan fingerprint density at radius 2 is 1.54 bits per heavy atom. The first kappa shape index (κ1) is 39.5. The van der Waals surface area contributed by atoms with Crippen LogP contribution in [-0.4, -0.2) is 81.7 Å². The summed E-state index contributed by atoms with van der Waals surface area (Å²) in [5.74, 6) is -1.07. The summed E-state index contributed by atoms with van der Waals surface area (Å²) in [5, 5.41) is 11.7. The smallest absolute Gasteiger partial charge is 0.276 e. The number of aromatic nitrogens is 8. The molecule has 0 radical (unpaired) electrons. The number of ketones is 1. The number of fused-ring (bicyclic) bond motifs is 2. The van der Waals surface area contributed by atoms with Gasteiger partial charge in [-0.15, -0.1) is 11.3 Å². The summed E-state index contributed by atoms with van der Waals surface area (Å²) in [5.41, 5.74) is 14.8. The molecular formula is C37H42FN11O6S. The number of thiophene rings is 1. The molecule has 3 amide bonds. The molecule has 1 unspecified atom stereocenters. The molecular weight excluding hydrogens is 746 g/mol. The van der Waals surface area contributed by atoms with Gasteiger partial charge in [-0.3, -0.25) is 38.4 Å². The van der Waals surface area contributed by atoms with E-state index in [1.807, 2.05) is 32.9 Å². The second-order valence-electron chi connectivity index (χ2n) is 12.8. The highest BCUT2D eigenvalue weighted by atomic mass is 32.1. The number of carbonyl (C=O) groups excluding carboxylic acids is 4. The highest BCUT2D eigenvalue weighted by Crippen LogP contribution is 2.31. The first-order valence-electron chi connectivity index (χ1n) is 17.9. The van der Waals surface area contributed by atoms with Gasteiger partial charge in [-0.05, 0) is 65.0 Å². The average molecular weight is 788 g/mol. The maximum atomic E-state index is 13.7. The van der Waals surface area contributed by atoms with Gasteiger partial charge < -0.3 is 25.5 Å². The van der Waals surface area contributed by atoms with Gasteiger partial charge in [0.15, 0.2) is 12.1 Å². The summed E-state index contributed by atoms with van der Waals surface area (Å²) in [6, 6.07) is 7.98. The molecule has 294 valence electrons. The first-order chi connectivity index (χ1) is 26.8. The van der Waals surface area contributed by atoms with Crippen LogP contribution in [0.2, 0.25) is 0 Å². The van der Waals surface area contributed by atoms with Crippen LogP contribution in [0.1, 0.15) is 79.0 Å². The van der Waals surface area contributed by atoms with Crippen molar-refractivity contribution in [2.24, 2.45) is 11.5 Å². The Morgan fingerprint density at radius 1 is 0.875 bits per heavy atom. The Balaban J connectivity index is 1.36. The number of primary amides is 2. The van der Waals surface area contributed by atoms with Crippen molar-refractivity contribution in [2.75, 3.05) is 18.5 Å². The van der Waals surface area contributed by atoms with Crippen LogP contribution in [0.3, 0.4) is 0 Å². The molecule has 6 rings (SSSR count). The Hall–Kier alpha value is -6.21. The van der Waals surface area contributed by atoms with Crippen molar-refractivity contribution in [3.8, 4) is 5.75 Å². The van der Waals surface area contributed by atoms with Crippen molar-refractivity contribution in [1.82, 2.24) is 38.7 Å². The maximum absolute atomic E-state index is 13.7. The van der Waals surface area contributed by atoms with E-state index in [1.54, 1.807) is 43.6 Å². The van der Waals surface area contributed by atoms with Gasteiger partial charge in [-0.25, -0.2) is 14.4 Å². The molecule has 0 aliphatic heterocycles. The van der Waals surface area contributed by atoms with Gasteiger partial charge in [0.05, 0.1) is 34.8 Å². The largest absolute Gasteiger partial charge is 0.489 e. The SMILES string of the molecule is CCn1nc(C)cc1C(=O)Cc1nc2cc(C(N)=O)cc(OCCOC(C)F)c2n1C/C=C/Cn1c(NC(=O)c2cc(C)nn2CC)nc2cc(C(N)=O)sc21. The zero-order chi connectivity index (χ0) is 40.3. The van der Waals surface area contributed by atoms with Gasteiger partial charge in [-0.1, -0.05) is 12.2 Å². The standard InChI is InChI=1S/C37H42FN11O6S/c1-6-48-26(14-20(3)44-48)28(50)19-31-41-24-16-23(33(39)51)17-29(55-13-12-54-22(5)38)32(24)46(31)10-8-9-11-47-36-25(18-30(56-36)34(40)52)42-37(47)43-35(53)27-15-21(4)45-49(27)7-2/h8-9,14-18,22H,6-7,10-13,19H2,1-5H3,(H2,39,51)(H2,40,52)(H,42,43,53)/b9-8+. The third-order valence-electron chi connectivity index (χ3n) is 8.73. The number of amides is 3. The van der Waals surface area contributed by atoms with Crippen molar-refractivity contribution in [2.45, 2.75) is 73.6 Å². The molecule has 5 N–H and O–H groups in total. The van der Waals surface area contributed by atoms with Gasteiger partial charge >= 0.3 is 0 Å². The molecule has 0 saturated heterocycles. The summed E-state index contributed by atoms with van der Waals surface area (Å²) >= 11 is 1.15. The van der Waals surface area contributed by atoms with Gasteiger partial charge in [0, 0.05) is 31.7 Å². The summed E-state index contributed by atoms with van der Waals surface area (Å²) in [4.78, 5) is 61.8. The number of anilines is 1. The lowest BCUT2D eigenvalue weighted by Gasteiger charge is -2.13. The number of nitrogens with one attached hydrogen (secondary N) is 1. The number of rotatable bonds is 18. The molecule has 0 spiro atoms. The van der Waals surface area contributed by atoms with E-state index in [-0.39, 0.29) is 55.8 Å². The monoisotopic (exact) mass is 787 g/mol. The number of hydrogen-bond donors (Lipinski definition) is 3. The van der Waals surface area contributed by atoms with Crippen LogP contribution in [0, 0.1) is 13.8 Å². The molecule has 6 aromatic rings. The number of ether oxygens (including phenoxy) is 2. The third kappa shape index (κ3) is 8.37. The second kappa shape index (κ2) is 16.7. The Bertz CT molecular complexity index is 2490. The van der Waals surface area contributed by atoms with E-state index in [0.29, 0.717) is 67.9 Å². The van der Waals surface area contributed by atoms with Crippen LogP contribution in [0.25, 0.3) is 21.4 Å². The highest BCUT2D eigenvalue weighted by molar-refractivity contribution is 7.20. The fourth-order valence-corrected chi connectivity index (χ4v) is 7.23. The molecule has 0 saturated carbocycles. The number of nitrogens with zero attached hydrogens (tertiary/aromatic N) is 8. The predicted molar refractivity (Wildman–Crippen MR) is 207 cm³/mol. The maximum Gasteiger partial charge on any atom is 0.276 e. The zero-order valence-electron chi connectivity index (χ0n) is 31.5. The molecule has 0 bridgehead atoms.